The van der Waals surface area contributed by atoms with Crippen LogP contribution in [0.15, 0.2) is 9.98 Å². The summed E-state index contributed by atoms with van der Waals surface area (Å²) in [6.45, 7) is 8.47. The highest BCUT2D eigenvalue weighted by Gasteiger charge is 2.37. The minimum absolute atomic E-state index is 0.0397. The molecule has 0 aromatic carbocycles. The Morgan fingerprint density at radius 3 is 2.79 bits per heavy atom. The number of likely N-dealkylation sites (tertiary alicyclic amines) is 1. The van der Waals surface area contributed by atoms with Crippen molar-refractivity contribution in [2.45, 2.75) is 58.7 Å². The van der Waals surface area contributed by atoms with Gasteiger partial charge in [-0.3, -0.25) is 4.79 Å². The summed E-state index contributed by atoms with van der Waals surface area (Å²) in [6, 6.07) is -0.184. The first-order chi connectivity index (χ1) is 11.2. The summed E-state index contributed by atoms with van der Waals surface area (Å²) in [7, 11) is 0. The van der Waals surface area contributed by atoms with Crippen LogP contribution < -0.4 is 5.32 Å². The maximum Gasteiger partial charge on any atom is 0.410 e. The topological polar surface area (TPSA) is 71.5 Å². The number of hydrogen-bond donors (Lipinski definition) is 1. The van der Waals surface area contributed by atoms with E-state index in [0.29, 0.717) is 13.1 Å². The number of nitrogens with zero attached hydrogens (tertiary/aromatic N) is 2. The first kappa shape index (κ1) is 19.2. The summed E-state index contributed by atoms with van der Waals surface area (Å²) in [5, 5.41) is 5.66. The summed E-state index contributed by atoms with van der Waals surface area (Å²) >= 11 is 4.80. The van der Waals surface area contributed by atoms with Crippen LogP contribution >= 0.6 is 27.3 Å². The third-order valence-corrected chi connectivity index (χ3v) is 5.45. The standard InChI is InChI=1S/C16H24BrN3O3S/c1-10-11(14(21)18-8-13-19-12(17)9-24-13)6-5-7-20(10)15(22)23-16(2,3)4/h9-11H,5-8H2,1-4H3,(H,18,21)/t10-,11-/m0/s1. The number of nitrogens with one attached hydrogen (secondary N) is 1. The summed E-state index contributed by atoms with van der Waals surface area (Å²) in [4.78, 5) is 30.8. The zero-order chi connectivity index (χ0) is 17.9. The Morgan fingerprint density at radius 2 is 2.21 bits per heavy atom. The number of carbonyl (C=O) groups excluding carboxylic acids is 2. The summed E-state index contributed by atoms with van der Waals surface area (Å²) in [5.74, 6) is -0.267. The van der Waals surface area contributed by atoms with Crippen LogP contribution in [0.5, 0.6) is 0 Å². The molecule has 8 heteroatoms. The van der Waals surface area contributed by atoms with Gasteiger partial charge in [0.2, 0.25) is 5.91 Å². The molecule has 1 aromatic rings. The van der Waals surface area contributed by atoms with Crippen molar-refractivity contribution in [3.63, 3.8) is 0 Å². The van der Waals surface area contributed by atoms with Gasteiger partial charge < -0.3 is 15.0 Å². The first-order valence-corrected chi connectivity index (χ1v) is 9.72. The van der Waals surface area contributed by atoms with Crippen molar-refractivity contribution in [3.8, 4) is 0 Å². The highest BCUT2D eigenvalue weighted by Crippen LogP contribution is 2.26. The van der Waals surface area contributed by atoms with Crippen LogP contribution in [0.25, 0.3) is 0 Å². The lowest BCUT2D eigenvalue weighted by Crippen LogP contribution is -2.52. The number of aromatic nitrogens is 1. The van der Waals surface area contributed by atoms with Gasteiger partial charge in [-0.1, -0.05) is 0 Å². The number of ether oxygens (including phenoxy) is 1. The van der Waals surface area contributed by atoms with Crippen LogP contribution in [0.3, 0.4) is 0 Å². The molecule has 0 unspecified atom stereocenters. The number of hydrogen-bond acceptors (Lipinski definition) is 5. The second kappa shape index (κ2) is 7.82. The molecule has 1 N–H and O–H groups in total. The molecule has 0 saturated carbocycles. The molecule has 2 amide bonds. The van der Waals surface area contributed by atoms with E-state index < -0.39 is 5.60 Å². The van der Waals surface area contributed by atoms with E-state index in [1.54, 1.807) is 4.90 Å². The Bertz CT molecular complexity index is 600. The van der Waals surface area contributed by atoms with E-state index in [0.717, 1.165) is 22.5 Å². The molecule has 2 heterocycles. The average molecular weight is 418 g/mol. The van der Waals surface area contributed by atoms with Crippen molar-refractivity contribution in [2.75, 3.05) is 6.54 Å². The van der Waals surface area contributed by atoms with Gasteiger partial charge in [-0.15, -0.1) is 11.3 Å². The van der Waals surface area contributed by atoms with E-state index in [4.69, 9.17) is 4.74 Å². The molecule has 0 radical (unpaired) electrons. The summed E-state index contributed by atoms with van der Waals surface area (Å²) in [5.41, 5.74) is -0.537. The molecular weight excluding hydrogens is 394 g/mol. The molecule has 0 bridgehead atoms. The fourth-order valence-electron chi connectivity index (χ4n) is 2.74. The number of halogens is 1. The van der Waals surface area contributed by atoms with Gasteiger partial charge in [0, 0.05) is 18.0 Å². The third-order valence-electron chi connectivity index (χ3n) is 3.89. The quantitative estimate of drug-likeness (QED) is 0.815. The van der Waals surface area contributed by atoms with E-state index in [9.17, 15) is 9.59 Å². The zero-order valence-corrected chi connectivity index (χ0v) is 16.9. The van der Waals surface area contributed by atoms with Crippen LogP contribution in [-0.2, 0) is 16.1 Å². The fourth-order valence-corrected chi connectivity index (χ4v) is 3.94. The van der Waals surface area contributed by atoms with Gasteiger partial charge in [0.05, 0.1) is 12.5 Å². The van der Waals surface area contributed by atoms with Crippen LogP contribution in [0.4, 0.5) is 4.79 Å². The Labute approximate surface area is 155 Å². The van der Waals surface area contributed by atoms with Crippen LogP contribution in [0.1, 0.15) is 45.5 Å². The normalized spacial score (nSPS) is 21.5. The SMILES string of the molecule is C[C@H]1[C@@H](C(=O)NCc2nc(Br)cs2)CCCN1C(=O)OC(C)(C)C. The Morgan fingerprint density at radius 1 is 1.50 bits per heavy atom. The van der Waals surface area contributed by atoms with E-state index in [1.165, 1.54) is 11.3 Å². The van der Waals surface area contributed by atoms with Crippen molar-refractivity contribution in [2.24, 2.45) is 5.92 Å². The molecule has 0 spiro atoms. The number of thiazole rings is 1. The lowest BCUT2D eigenvalue weighted by Gasteiger charge is -2.39. The van der Waals surface area contributed by atoms with E-state index in [2.05, 4.69) is 26.2 Å². The van der Waals surface area contributed by atoms with Gasteiger partial charge in [-0.25, -0.2) is 9.78 Å². The van der Waals surface area contributed by atoms with Gasteiger partial charge in [0.25, 0.3) is 0 Å². The van der Waals surface area contributed by atoms with Gasteiger partial charge >= 0.3 is 6.09 Å². The van der Waals surface area contributed by atoms with Crippen LogP contribution in [-0.4, -0.2) is 40.1 Å². The molecule has 1 aliphatic heterocycles. The Kier molecular flexibility index (Phi) is 6.25. The van der Waals surface area contributed by atoms with E-state index in [-0.39, 0.29) is 24.0 Å². The molecular formula is C16H24BrN3O3S. The van der Waals surface area contributed by atoms with Crippen LogP contribution in [0.2, 0.25) is 0 Å². The van der Waals surface area contributed by atoms with Crippen molar-refractivity contribution < 1.29 is 14.3 Å². The summed E-state index contributed by atoms with van der Waals surface area (Å²) < 4.78 is 6.23. The number of amides is 2. The molecule has 24 heavy (non-hydrogen) atoms. The maximum atomic E-state index is 12.5. The minimum atomic E-state index is -0.537. The molecule has 2 atom stereocenters. The summed E-state index contributed by atoms with van der Waals surface area (Å²) in [6.07, 6.45) is 1.22. The number of rotatable bonds is 3. The maximum absolute atomic E-state index is 12.5. The second-order valence-corrected chi connectivity index (χ2v) is 8.70. The second-order valence-electron chi connectivity index (χ2n) is 6.94. The average Bonchev–Trinajstić information content (AvgIpc) is 2.88. The van der Waals surface area contributed by atoms with Gasteiger partial charge in [-0.2, -0.15) is 0 Å². The van der Waals surface area contributed by atoms with Crippen molar-refractivity contribution in [1.29, 1.82) is 0 Å². The van der Waals surface area contributed by atoms with Gasteiger partial charge in [-0.05, 0) is 56.5 Å². The lowest BCUT2D eigenvalue weighted by atomic mass is 9.89. The molecule has 6 nitrogen and oxygen atoms in total. The van der Waals surface area contributed by atoms with Crippen molar-refractivity contribution in [3.05, 3.63) is 15.0 Å². The fraction of sp³-hybridized carbons (Fsp3) is 0.688. The highest BCUT2D eigenvalue weighted by molar-refractivity contribution is 9.10. The smallest absolute Gasteiger partial charge is 0.410 e. The number of piperidine rings is 1. The molecule has 1 aliphatic rings. The molecule has 1 fully saturated rings. The van der Waals surface area contributed by atoms with E-state index >= 15 is 0 Å². The third kappa shape index (κ3) is 5.17. The van der Waals surface area contributed by atoms with Crippen molar-refractivity contribution in [1.82, 2.24) is 15.2 Å². The van der Waals surface area contributed by atoms with Gasteiger partial charge in [0.15, 0.2) is 0 Å². The largest absolute Gasteiger partial charge is 0.444 e. The molecule has 0 aliphatic carbocycles. The van der Waals surface area contributed by atoms with Crippen LogP contribution in [0, 0.1) is 5.92 Å². The molecule has 2 rings (SSSR count). The van der Waals surface area contributed by atoms with Gasteiger partial charge in [0.1, 0.15) is 15.2 Å². The Balaban J connectivity index is 1.94. The Hall–Kier alpha value is -1.15. The molecule has 1 saturated heterocycles. The number of carbonyl (C=O) groups is 2. The monoisotopic (exact) mass is 417 g/mol. The minimum Gasteiger partial charge on any atom is -0.444 e. The lowest BCUT2D eigenvalue weighted by molar-refractivity contribution is -0.128. The van der Waals surface area contributed by atoms with E-state index in [1.807, 2.05) is 33.1 Å². The first-order valence-electron chi connectivity index (χ1n) is 8.04. The predicted octanol–water partition coefficient (Wildman–Crippen LogP) is 3.56. The highest BCUT2D eigenvalue weighted by atomic mass is 79.9. The van der Waals surface area contributed by atoms with Crippen molar-refractivity contribution >= 4 is 39.3 Å². The molecule has 134 valence electrons. The zero-order valence-electron chi connectivity index (χ0n) is 14.5. The predicted molar refractivity (Wildman–Crippen MR) is 96.8 cm³/mol. The molecule has 1 aromatic heterocycles.